The first-order valence-corrected chi connectivity index (χ1v) is 23.9. The molecule has 0 aromatic heterocycles. The van der Waals surface area contributed by atoms with Gasteiger partial charge in [0.25, 0.3) is 0 Å². The highest BCUT2D eigenvalue weighted by Gasteiger charge is 2.46. The molecule has 0 spiro atoms. The number of halogens is 7. The maximum absolute atomic E-state index is 14.9. The fourth-order valence-electron chi connectivity index (χ4n) is 10.2. The zero-order valence-electron chi connectivity index (χ0n) is 41.1. The first kappa shape index (κ1) is 56.1. The molecule has 0 aliphatic carbocycles. The van der Waals surface area contributed by atoms with Crippen molar-refractivity contribution in [2.45, 2.75) is 77.8 Å². The van der Waals surface area contributed by atoms with Crippen LogP contribution in [0.25, 0.3) is 0 Å². The maximum atomic E-state index is 14.9. The van der Waals surface area contributed by atoms with Gasteiger partial charge in [-0.3, -0.25) is 9.80 Å². The molecule has 4 amide bonds. The van der Waals surface area contributed by atoms with Crippen LogP contribution in [-0.2, 0) is 31.4 Å². The van der Waals surface area contributed by atoms with E-state index in [1.54, 1.807) is 62.4 Å². The molecule has 1 fully saturated rings. The fourth-order valence-corrected chi connectivity index (χ4v) is 10.2. The molecule has 0 bridgehead atoms. The van der Waals surface area contributed by atoms with E-state index in [4.69, 9.17) is 9.47 Å². The number of quaternary nitrogens is 1. The highest BCUT2D eigenvalue weighted by atomic mass is 79.9. The summed E-state index contributed by atoms with van der Waals surface area (Å²) in [5, 5.41) is 19.2. The average Bonchev–Trinajstić information content (AvgIpc) is 3.83. The van der Waals surface area contributed by atoms with Gasteiger partial charge in [-0.1, -0.05) is 36.4 Å². The second kappa shape index (κ2) is 23.4. The summed E-state index contributed by atoms with van der Waals surface area (Å²) in [6.45, 7) is 8.57. The largest absolute Gasteiger partial charge is 1.00 e. The van der Waals surface area contributed by atoms with Gasteiger partial charge < -0.3 is 40.7 Å². The molecule has 4 aromatic rings. The first-order valence-electron chi connectivity index (χ1n) is 23.9. The molecule has 3 heterocycles. The number of ether oxygens (including phenoxy) is 2. The van der Waals surface area contributed by atoms with E-state index in [1.165, 1.54) is 47.9 Å². The van der Waals surface area contributed by atoms with E-state index in [0.29, 0.717) is 65.8 Å². The van der Waals surface area contributed by atoms with E-state index in [1.807, 2.05) is 0 Å². The minimum absolute atomic E-state index is 0. The van der Waals surface area contributed by atoms with Crippen LogP contribution in [0.3, 0.4) is 0 Å². The summed E-state index contributed by atoms with van der Waals surface area (Å²) in [6.07, 6.45) is -7.08. The number of nitriles is 2. The monoisotopic (exact) mass is 1090 g/mol. The molecule has 13 nitrogen and oxygen atoms in total. The number of likely N-dealkylation sites (tertiary alicyclic amines) is 1. The Hall–Kier alpha value is -7.16. The first-order chi connectivity index (χ1) is 34.8. The van der Waals surface area contributed by atoms with E-state index in [-0.39, 0.29) is 77.2 Å². The normalized spacial score (nSPS) is 18.0. The van der Waals surface area contributed by atoms with Gasteiger partial charge in [-0.05, 0) is 99.5 Å². The zero-order chi connectivity index (χ0) is 52.8. The van der Waals surface area contributed by atoms with Gasteiger partial charge in [-0.25, -0.2) is 19.2 Å². The number of amides is 4. The smallest absolute Gasteiger partial charge is 0.416 e. The number of nitrogens with zero attached hydrogens (tertiary/aromatic N) is 7. The van der Waals surface area contributed by atoms with Gasteiger partial charge >= 0.3 is 36.4 Å². The number of benzene rings is 4. The number of alkyl halides is 6. The maximum Gasteiger partial charge on any atom is 0.416 e. The van der Waals surface area contributed by atoms with Gasteiger partial charge in [-0.15, -0.1) is 0 Å². The third-order valence-corrected chi connectivity index (χ3v) is 13.6. The predicted molar refractivity (Wildman–Crippen MR) is 257 cm³/mol. The van der Waals surface area contributed by atoms with Gasteiger partial charge in [0.1, 0.15) is 0 Å². The number of carbonyl (C=O) groups is 4. The Labute approximate surface area is 435 Å². The summed E-state index contributed by atoms with van der Waals surface area (Å²) in [7, 11) is 0. The Kier molecular flexibility index (Phi) is 17.7. The molecule has 74 heavy (non-hydrogen) atoms. The quantitative estimate of drug-likeness (QED) is 0.0620. The highest BCUT2D eigenvalue weighted by Crippen LogP contribution is 2.44. The number of rotatable bonds is 16. The van der Waals surface area contributed by atoms with E-state index in [2.05, 4.69) is 12.1 Å². The minimum Gasteiger partial charge on any atom is -1.00 e. The predicted octanol–water partition coefficient (Wildman–Crippen LogP) is 8.20. The van der Waals surface area contributed by atoms with Crippen LogP contribution in [0.5, 0.6) is 0 Å². The number of allylic oxidation sites excluding steroid dienone is 2. The third-order valence-electron chi connectivity index (χ3n) is 13.6. The molecule has 0 unspecified atom stereocenters. The van der Waals surface area contributed by atoms with Crippen molar-refractivity contribution in [2.24, 2.45) is 0 Å². The standard InChI is InChI=1S/C54H54F6N7O6.BrH/c1-5-72-49(68)45-35(3)65(43-15-9-13-41(31-43)53(55,56)57)51(70)63(47(45)39-21-17-37(33-61)18-22-39)25-11-29-67(27-7-8-28-67)30-12-26-64-48(40-23-19-38(34-62)20-24-40)46(50(69)73-6-2)36(4)66(52(64)71)44-16-10-14-42(32-44)54(58,59)60;/h9-10,13-24,31-32,47-48H,5-8,11-12,25-30H2,1-4H3;1H/q+1;/p-1/t47-,48-;/m1./s1. The molecule has 1 saturated heterocycles. The third kappa shape index (κ3) is 11.8. The van der Waals surface area contributed by atoms with Crippen LogP contribution in [-0.4, -0.2) is 90.8 Å². The van der Waals surface area contributed by atoms with Crippen molar-refractivity contribution in [3.63, 3.8) is 0 Å². The van der Waals surface area contributed by atoms with Crippen LogP contribution in [0.15, 0.2) is 120 Å². The van der Waals surface area contributed by atoms with Crippen LogP contribution in [0.4, 0.5) is 47.3 Å². The van der Waals surface area contributed by atoms with Crippen molar-refractivity contribution < 1.29 is 76.5 Å². The SMILES string of the molecule is CCOC(=O)C1=C(C)N(c2cccc(C(F)(F)F)c2)C(=O)N(CCC[N+]2(CCCN3C(=O)N(c4cccc(C(F)(F)F)c4)C(C)=C(C(=O)OCC)[C@H]3c3ccc(C#N)cc3)CCCC2)[C@@H]1c1ccc(C#N)cc1.[Br-]. The second-order valence-electron chi connectivity index (χ2n) is 18.1. The molecule has 2 atom stereocenters. The van der Waals surface area contributed by atoms with E-state index < -0.39 is 59.6 Å². The van der Waals surface area contributed by atoms with Crippen molar-refractivity contribution in [1.29, 1.82) is 10.5 Å². The van der Waals surface area contributed by atoms with E-state index in [9.17, 15) is 56.0 Å². The molecular weight excluding hydrogens is 1040 g/mol. The number of hydrogen-bond acceptors (Lipinski definition) is 8. The van der Waals surface area contributed by atoms with Crippen LogP contribution >= 0.6 is 0 Å². The van der Waals surface area contributed by atoms with Crippen molar-refractivity contribution in [1.82, 2.24) is 9.80 Å². The van der Waals surface area contributed by atoms with Crippen molar-refractivity contribution >= 4 is 35.4 Å². The van der Waals surface area contributed by atoms with Crippen molar-refractivity contribution in [2.75, 3.05) is 62.3 Å². The topological polar surface area (TPSA) is 147 Å². The summed E-state index contributed by atoms with van der Waals surface area (Å²) >= 11 is 0. The lowest BCUT2D eigenvalue weighted by atomic mass is 9.92. The second-order valence-corrected chi connectivity index (χ2v) is 18.1. The molecule has 390 valence electrons. The van der Waals surface area contributed by atoms with Gasteiger partial charge in [0, 0.05) is 50.2 Å². The summed E-state index contributed by atoms with van der Waals surface area (Å²) in [6, 6.07) is 21.9. The Balaban J connectivity index is 0.00000892. The molecule has 0 N–H and O–H groups in total. The van der Waals surface area contributed by atoms with Gasteiger partial charge in [0.2, 0.25) is 0 Å². The van der Waals surface area contributed by atoms with Crippen molar-refractivity contribution in [3.8, 4) is 12.1 Å². The summed E-state index contributed by atoms with van der Waals surface area (Å²) < 4.78 is 95.9. The molecule has 3 aliphatic rings. The van der Waals surface area contributed by atoms with Crippen LogP contribution in [0.2, 0.25) is 0 Å². The number of esters is 2. The summed E-state index contributed by atoms with van der Waals surface area (Å²) in [4.78, 5) is 62.9. The molecule has 0 radical (unpaired) electrons. The molecule has 7 rings (SSSR count). The number of hydrogen-bond donors (Lipinski definition) is 0. The molecule has 3 aliphatic heterocycles. The zero-order valence-corrected chi connectivity index (χ0v) is 42.7. The Bertz CT molecular complexity index is 2700. The number of carbonyl (C=O) groups excluding carboxylic acids is 4. The summed E-state index contributed by atoms with van der Waals surface area (Å²) in [5.41, 5.74) is -0.419. The molecule has 4 aromatic carbocycles. The van der Waals surface area contributed by atoms with Gasteiger partial charge in [0.15, 0.2) is 0 Å². The molecule has 20 heteroatoms. The molecule has 0 saturated carbocycles. The Morgan fingerprint density at radius 3 is 1.31 bits per heavy atom. The summed E-state index contributed by atoms with van der Waals surface area (Å²) in [5.74, 6) is -1.55. The lowest BCUT2D eigenvalue weighted by molar-refractivity contribution is -0.917. The van der Waals surface area contributed by atoms with Crippen LogP contribution in [0, 0.1) is 22.7 Å². The average molecular weight is 1090 g/mol. The van der Waals surface area contributed by atoms with Gasteiger partial charge in [-0.2, -0.15) is 36.9 Å². The Morgan fingerprint density at radius 2 is 0.986 bits per heavy atom. The van der Waals surface area contributed by atoms with Gasteiger partial charge in [0.05, 0.1) is 108 Å². The van der Waals surface area contributed by atoms with E-state index in [0.717, 1.165) is 46.9 Å². The lowest BCUT2D eigenvalue weighted by Crippen LogP contribution is -3.00. The Morgan fingerprint density at radius 1 is 0.622 bits per heavy atom. The van der Waals surface area contributed by atoms with Crippen LogP contribution in [0.1, 0.15) is 98.8 Å². The number of urea groups is 2. The minimum atomic E-state index is -4.73. The van der Waals surface area contributed by atoms with E-state index >= 15 is 0 Å². The highest BCUT2D eigenvalue weighted by molar-refractivity contribution is 6.04. The van der Waals surface area contributed by atoms with Crippen LogP contribution < -0.4 is 26.8 Å². The number of anilines is 2. The van der Waals surface area contributed by atoms with Crippen molar-refractivity contribution in [3.05, 3.63) is 153 Å². The molecular formula is C54H54BrF6N7O6. The lowest BCUT2D eigenvalue weighted by Gasteiger charge is -2.44. The fraction of sp³-hybridized carbons (Fsp3) is 0.370.